The van der Waals surface area contributed by atoms with Gasteiger partial charge in [0, 0.05) is 14.1 Å². The average molecular weight is 258 g/mol. The van der Waals surface area contributed by atoms with Crippen LogP contribution in [0.15, 0.2) is 0 Å². The maximum Gasteiger partial charge on any atom is 0.251 e. The Hall–Kier alpha value is -1.14. The van der Waals surface area contributed by atoms with Gasteiger partial charge in [0.15, 0.2) is 0 Å². The molecule has 0 aliphatic carbocycles. The van der Waals surface area contributed by atoms with E-state index in [4.69, 9.17) is 5.84 Å². The Bertz CT molecular complexity index is 269. The van der Waals surface area contributed by atoms with Crippen molar-refractivity contribution < 1.29 is 9.59 Å². The molecule has 0 rings (SSSR count). The molecule has 0 radical (unpaired) electrons. The number of hydrogen-bond acceptors (Lipinski definition) is 4. The van der Waals surface area contributed by atoms with Gasteiger partial charge < -0.3 is 4.90 Å². The fourth-order valence-electron chi connectivity index (χ4n) is 1.80. The number of hydrogen-bond donors (Lipinski definition) is 2. The molecule has 18 heavy (non-hydrogen) atoms. The highest BCUT2D eigenvalue weighted by Gasteiger charge is 2.26. The summed E-state index contributed by atoms with van der Waals surface area (Å²) >= 11 is 0. The Labute approximate surface area is 109 Å². The fourth-order valence-corrected chi connectivity index (χ4v) is 1.80. The van der Waals surface area contributed by atoms with Gasteiger partial charge in [-0.25, -0.2) is 5.84 Å². The molecule has 0 saturated heterocycles. The van der Waals surface area contributed by atoms with Crippen LogP contribution < -0.4 is 11.3 Å². The fraction of sp³-hybridized carbons (Fsp3) is 0.833. The van der Waals surface area contributed by atoms with Gasteiger partial charge in [-0.15, -0.1) is 0 Å². The second-order valence-corrected chi connectivity index (χ2v) is 4.57. The maximum atomic E-state index is 11.8. The molecule has 0 aromatic heterocycles. The molecule has 0 saturated carbocycles. The highest BCUT2D eigenvalue weighted by Crippen LogP contribution is 2.08. The van der Waals surface area contributed by atoms with Gasteiger partial charge in [0.05, 0.1) is 12.6 Å². The van der Waals surface area contributed by atoms with Crippen molar-refractivity contribution in [3.8, 4) is 0 Å². The zero-order valence-electron chi connectivity index (χ0n) is 11.9. The highest BCUT2D eigenvalue weighted by molar-refractivity contribution is 5.83. The third-order valence-electron chi connectivity index (χ3n) is 2.80. The molecule has 0 heterocycles. The third-order valence-corrected chi connectivity index (χ3v) is 2.80. The van der Waals surface area contributed by atoms with Gasteiger partial charge in [-0.1, -0.05) is 20.3 Å². The topological polar surface area (TPSA) is 78.7 Å². The van der Waals surface area contributed by atoms with E-state index in [9.17, 15) is 9.59 Å². The highest BCUT2D eigenvalue weighted by atomic mass is 16.2. The molecule has 3 N–H and O–H groups in total. The van der Waals surface area contributed by atoms with Crippen molar-refractivity contribution >= 4 is 11.8 Å². The molecule has 0 bridgehead atoms. The van der Waals surface area contributed by atoms with Gasteiger partial charge in [0.25, 0.3) is 5.91 Å². The Morgan fingerprint density at radius 3 is 2.22 bits per heavy atom. The van der Waals surface area contributed by atoms with E-state index in [1.807, 2.05) is 18.7 Å². The summed E-state index contributed by atoms with van der Waals surface area (Å²) in [6, 6.07) is -0.330. The molecule has 0 aromatic rings. The Kier molecular flexibility index (Phi) is 8.32. The number of nitrogens with two attached hydrogens (primary N) is 1. The second kappa shape index (κ2) is 8.88. The molecule has 0 spiro atoms. The Morgan fingerprint density at radius 1 is 1.22 bits per heavy atom. The van der Waals surface area contributed by atoms with Gasteiger partial charge in [-0.2, -0.15) is 0 Å². The number of carbonyl (C=O) groups is 2. The summed E-state index contributed by atoms with van der Waals surface area (Å²) in [5.74, 6) is 4.98. The quantitative estimate of drug-likeness (QED) is 0.363. The molecule has 106 valence electrons. The summed E-state index contributed by atoms with van der Waals surface area (Å²) in [5.41, 5.74) is 2.19. The molecule has 0 aromatic carbocycles. The van der Waals surface area contributed by atoms with Crippen LogP contribution in [0.2, 0.25) is 0 Å². The molecule has 0 aliphatic heterocycles. The summed E-state index contributed by atoms with van der Waals surface area (Å²) in [6.45, 7) is 4.99. The first-order valence-electron chi connectivity index (χ1n) is 6.42. The van der Waals surface area contributed by atoms with E-state index in [0.717, 1.165) is 12.8 Å². The van der Waals surface area contributed by atoms with E-state index in [2.05, 4.69) is 5.43 Å². The van der Waals surface area contributed by atoms with Crippen molar-refractivity contribution in [3.63, 3.8) is 0 Å². The average Bonchev–Trinajstić information content (AvgIpc) is 2.34. The summed E-state index contributed by atoms with van der Waals surface area (Å²) < 4.78 is 0. The van der Waals surface area contributed by atoms with E-state index in [0.29, 0.717) is 13.0 Å². The van der Waals surface area contributed by atoms with Crippen LogP contribution in [0.5, 0.6) is 0 Å². The first kappa shape index (κ1) is 16.9. The minimum Gasteiger partial charge on any atom is -0.348 e. The minimum atomic E-state index is -0.330. The van der Waals surface area contributed by atoms with E-state index in [-0.39, 0.29) is 24.4 Å². The lowest BCUT2D eigenvalue weighted by Gasteiger charge is -2.30. The van der Waals surface area contributed by atoms with E-state index in [1.165, 1.54) is 4.90 Å². The van der Waals surface area contributed by atoms with Crippen molar-refractivity contribution in [3.05, 3.63) is 0 Å². The van der Waals surface area contributed by atoms with E-state index >= 15 is 0 Å². The van der Waals surface area contributed by atoms with Crippen LogP contribution in [0, 0.1) is 0 Å². The maximum absolute atomic E-state index is 11.8. The minimum absolute atomic E-state index is 0.00521. The van der Waals surface area contributed by atoms with Crippen molar-refractivity contribution in [1.29, 1.82) is 0 Å². The van der Waals surface area contributed by atoms with Gasteiger partial charge in [0.2, 0.25) is 5.91 Å². The Morgan fingerprint density at radius 2 is 1.83 bits per heavy atom. The largest absolute Gasteiger partial charge is 0.348 e. The van der Waals surface area contributed by atoms with Crippen molar-refractivity contribution in [2.24, 2.45) is 5.84 Å². The lowest BCUT2D eigenvalue weighted by Crippen LogP contribution is -2.51. The van der Waals surface area contributed by atoms with Crippen LogP contribution in [-0.2, 0) is 9.59 Å². The van der Waals surface area contributed by atoms with Crippen LogP contribution in [0.25, 0.3) is 0 Å². The molecule has 0 fully saturated rings. The molecule has 6 nitrogen and oxygen atoms in total. The van der Waals surface area contributed by atoms with Crippen molar-refractivity contribution in [1.82, 2.24) is 15.2 Å². The number of nitrogens with zero attached hydrogens (tertiary/aromatic N) is 2. The van der Waals surface area contributed by atoms with Crippen LogP contribution in [0.1, 0.15) is 33.1 Å². The van der Waals surface area contributed by atoms with Gasteiger partial charge >= 0.3 is 0 Å². The smallest absolute Gasteiger partial charge is 0.251 e. The van der Waals surface area contributed by atoms with Crippen LogP contribution in [0.4, 0.5) is 0 Å². The molecule has 0 aliphatic rings. The molecular formula is C12H26N4O2. The third kappa shape index (κ3) is 5.46. The van der Waals surface area contributed by atoms with E-state index in [1.54, 1.807) is 14.1 Å². The lowest BCUT2D eigenvalue weighted by atomic mass is 10.1. The van der Waals surface area contributed by atoms with Gasteiger partial charge in [0.1, 0.15) is 0 Å². The van der Waals surface area contributed by atoms with Crippen LogP contribution in [0.3, 0.4) is 0 Å². The van der Waals surface area contributed by atoms with Gasteiger partial charge in [-0.05, 0) is 19.4 Å². The Balaban J connectivity index is 4.78. The molecule has 6 heteroatoms. The molecule has 2 amide bonds. The zero-order valence-corrected chi connectivity index (χ0v) is 11.9. The summed E-state index contributed by atoms with van der Waals surface area (Å²) in [5, 5.41) is 0. The molecule has 1 unspecified atom stereocenters. The first-order valence-corrected chi connectivity index (χ1v) is 6.42. The number of rotatable bonds is 8. The second-order valence-electron chi connectivity index (χ2n) is 4.57. The number of likely N-dealkylation sites (N-methyl/N-ethyl adjacent to an activating group) is 1. The number of carbonyl (C=O) groups excluding carboxylic acids is 2. The van der Waals surface area contributed by atoms with Crippen LogP contribution >= 0.6 is 0 Å². The predicted molar refractivity (Wildman–Crippen MR) is 71.6 cm³/mol. The summed E-state index contributed by atoms with van der Waals surface area (Å²) in [6.07, 6.45) is 2.46. The normalized spacial score (nSPS) is 12.3. The number of hydrazine groups is 1. The summed E-state index contributed by atoms with van der Waals surface area (Å²) in [7, 11) is 3.43. The molecular weight excluding hydrogens is 232 g/mol. The first-order chi connectivity index (χ1) is 8.47. The SMILES string of the molecule is CCCC(C(=O)NN)N(CCC)CC(=O)N(C)C. The zero-order chi connectivity index (χ0) is 14.1. The standard InChI is InChI=1S/C12H26N4O2/c1-5-7-10(12(18)14-13)16(8-6-2)9-11(17)15(3)4/h10H,5-9,13H2,1-4H3,(H,14,18). The monoisotopic (exact) mass is 258 g/mol. The van der Waals surface area contributed by atoms with Gasteiger partial charge in [-0.3, -0.25) is 19.9 Å². The van der Waals surface area contributed by atoms with Crippen LogP contribution in [-0.4, -0.2) is 54.8 Å². The number of nitrogens with one attached hydrogen (secondary N) is 1. The summed E-state index contributed by atoms with van der Waals surface area (Å²) in [4.78, 5) is 27.0. The number of amides is 2. The molecule has 1 atom stereocenters. The van der Waals surface area contributed by atoms with Crippen molar-refractivity contribution in [2.75, 3.05) is 27.2 Å². The predicted octanol–water partition coefficient (Wildman–Crippen LogP) is -0.0548. The van der Waals surface area contributed by atoms with E-state index < -0.39 is 0 Å². The van der Waals surface area contributed by atoms with Crippen molar-refractivity contribution in [2.45, 2.75) is 39.2 Å². The lowest BCUT2D eigenvalue weighted by molar-refractivity contribution is -0.133.